The van der Waals surface area contributed by atoms with E-state index in [1.165, 1.54) is 40.9 Å². The molecule has 1 aliphatic rings. The van der Waals surface area contributed by atoms with Crippen LogP contribution in [0.5, 0.6) is 0 Å². The average molecular weight is 426 g/mol. The zero-order valence-corrected chi connectivity index (χ0v) is 16.9. The highest BCUT2D eigenvalue weighted by Gasteiger charge is 2.31. The molecule has 0 aliphatic carbocycles. The maximum absolute atomic E-state index is 12.6. The molecule has 8 heteroatoms. The Morgan fingerprint density at radius 2 is 1.79 bits per heavy atom. The molecule has 0 aromatic heterocycles. The van der Waals surface area contributed by atoms with Gasteiger partial charge in [0.05, 0.1) is 10.9 Å². The van der Waals surface area contributed by atoms with Gasteiger partial charge in [0, 0.05) is 18.7 Å². The van der Waals surface area contributed by atoms with Gasteiger partial charge in [-0.25, -0.2) is 0 Å². The van der Waals surface area contributed by atoms with Crippen LogP contribution < -0.4 is 10.4 Å². The largest absolute Gasteiger partial charge is 0.545 e. The molecule has 2 amide bonds. The lowest BCUT2D eigenvalue weighted by molar-refractivity contribution is -0.255. The van der Waals surface area contributed by atoms with E-state index < -0.39 is 5.97 Å². The minimum absolute atomic E-state index is 0.0425. The van der Waals surface area contributed by atoms with Crippen molar-refractivity contribution in [2.45, 2.75) is 12.8 Å². The second-order valence-electron chi connectivity index (χ2n) is 6.26. The average Bonchev–Trinajstić information content (AvgIpc) is 2.96. The van der Waals surface area contributed by atoms with Gasteiger partial charge >= 0.3 is 0 Å². The van der Waals surface area contributed by atoms with Gasteiger partial charge in [-0.1, -0.05) is 66.4 Å². The Labute approximate surface area is 177 Å². The van der Waals surface area contributed by atoms with E-state index in [4.69, 9.17) is 12.2 Å². The van der Waals surface area contributed by atoms with Crippen LogP contribution in [0, 0.1) is 0 Å². The van der Waals surface area contributed by atoms with Gasteiger partial charge in [0.1, 0.15) is 4.32 Å². The molecule has 0 saturated carbocycles. The Hall–Kier alpha value is -2.97. The number of aromatic carboxylic acids is 1. The summed E-state index contributed by atoms with van der Waals surface area (Å²) in [6.07, 6.45) is 2.47. The number of benzene rings is 2. The minimum Gasteiger partial charge on any atom is -0.545 e. The second kappa shape index (κ2) is 9.49. The van der Waals surface area contributed by atoms with Gasteiger partial charge < -0.3 is 15.2 Å². The number of nitrogens with zero attached hydrogens (tertiary/aromatic N) is 1. The van der Waals surface area contributed by atoms with Crippen LogP contribution in [0.2, 0.25) is 0 Å². The van der Waals surface area contributed by atoms with E-state index >= 15 is 0 Å². The Bertz CT molecular complexity index is 972. The third-order valence-electron chi connectivity index (χ3n) is 4.16. The lowest BCUT2D eigenvalue weighted by Gasteiger charge is -2.14. The highest BCUT2D eigenvalue weighted by molar-refractivity contribution is 8.26. The molecule has 0 bridgehead atoms. The molecule has 2 aromatic carbocycles. The number of carboxylic acid groups (broad SMARTS) is 1. The molecule has 2 aromatic rings. The molecule has 1 fully saturated rings. The van der Waals surface area contributed by atoms with E-state index in [9.17, 15) is 19.5 Å². The molecule has 6 nitrogen and oxygen atoms in total. The third-order valence-corrected chi connectivity index (χ3v) is 5.54. The van der Waals surface area contributed by atoms with Crippen LogP contribution in [0.4, 0.5) is 5.69 Å². The van der Waals surface area contributed by atoms with Crippen LogP contribution >= 0.6 is 24.0 Å². The first kappa shape index (κ1) is 20.8. The Morgan fingerprint density at radius 3 is 2.45 bits per heavy atom. The number of nitrogens with one attached hydrogen (secondary N) is 1. The fourth-order valence-electron chi connectivity index (χ4n) is 2.70. The fraction of sp³-hybridized carbons (Fsp3) is 0.143. The summed E-state index contributed by atoms with van der Waals surface area (Å²) in [4.78, 5) is 37.5. The van der Waals surface area contributed by atoms with Crippen LogP contribution in [0.15, 0.2) is 59.5 Å². The van der Waals surface area contributed by atoms with Crippen molar-refractivity contribution in [2.75, 3.05) is 11.9 Å². The minimum atomic E-state index is -1.27. The first-order valence-corrected chi connectivity index (χ1v) is 10.1. The lowest BCUT2D eigenvalue weighted by atomic mass is 10.2. The summed E-state index contributed by atoms with van der Waals surface area (Å²) in [5.74, 6) is -1.65. The molecule has 3 rings (SSSR count). The molecular formula is C21H17N2O4S2-. The van der Waals surface area contributed by atoms with Gasteiger partial charge in [-0.3, -0.25) is 14.5 Å². The highest BCUT2D eigenvalue weighted by atomic mass is 32.2. The lowest BCUT2D eigenvalue weighted by Crippen LogP contribution is -2.29. The molecule has 1 saturated heterocycles. The molecule has 1 aliphatic heterocycles. The van der Waals surface area contributed by atoms with Crippen molar-refractivity contribution in [2.24, 2.45) is 0 Å². The van der Waals surface area contributed by atoms with Crippen molar-refractivity contribution >= 4 is 57.8 Å². The van der Waals surface area contributed by atoms with Crippen LogP contribution in [0.25, 0.3) is 6.08 Å². The topological polar surface area (TPSA) is 89.5 Å². The van der Waals surface area contributed by atoms with Gasteiger partial charge in [-0.05, 0) is 35.8 Å². The smallest absolute Gasteiger partial charge is 0.266 e. The number of hydrogen-bond donors (Lipinski definition) is 1. The summed E-state index contributed by atoms with van der Waals surface area (Å²) in [7, 11) is 0. The monoisotopic (exact) mass is 425 g/mol. The van der Waals surface area contributed by atoms with Crippen LogP contribution in [0.1, 0.15) is 28.8 Å². The van der Waals surface area contributed by atoms with Crippen molar-refractivity contribution in [3.63, 3.8) is 0 Å². The zero-order chi connectivity index (χ0) is 20.8. The fourth-order valence-corrected chi connectivity index (χ4v) is 4.01. The zero-order valence-electron chi connectivity index (χ0n) is 15.3. The number of rotatable bonds is 7. The number of anilines is 1. The summed E-state index contributed by atoms with van der Waals surface area (Å²) in [6.45, 7) is 0.355. The number of carbonyl (C=O) groups is 3. The summed E-state index contributed by atoms with van der Waals surface area (Å²) < 4.78 is 0.482. The van der Waals surface area contributed by atoms with E-state index in [1.54, 1.807) is 0 Å². The number of carboxylic acids is 1. The predicted octanol–water partition coefficient (Wildman–Crippen LogP) is 2.67. The second-order valence-corrected chi connectivity index (χ2v) is 7.94. The predicted molar refractivity (Wildman–Crippen MR) is 115 cm³/mol. The SMILES string of the molecule is O=C(CCCN1C(=O)/C(=C\c2ccccc2)SC1=S)Nc1ccc(C(=O)[O-])cc1. The number of amides is 2. The first-order valence-electron chi connectivity index (χ1n) is 8.86. The number of hydrogen-bond acceptors (Lipinski definition) is 6. The molecule has 1 heterocycles. The number of thiocarbonyl (C=S) groups is 1. The van der Waals surface area contributed by atoms with Gasteiger partial charge in [-0.15, -0.1) is 0 Å². The third kappa shape index (κ3) is 5.52. The molecule has 0 unspecified atom stereocenters. The highest BCUT2D eigenvalue weighted by Crippen LogP contribution is 2.32. The molecular weight excluding hydrogens is 408 g/mol. The normalized spacial score (nSPS) is 15.0. The number of thioether (sulfide) groups is 1. The summed E-state index contributed by atoms with van der Waals surface area (Å²) in [5, 5.41) is 13.4. The van der Waals surface area contributed by atoms with Gasteiger partial charge in [0.15, 0.2) is 0 Å². The summed E-state index contributed by atoms with van der Waals surface area (Å²) >= 11 is 6.56. The molecule has 1 N–H and O–H groups in total. The van der Waals surface area contributed by atoms with Crippen molar-refractivity contribution < 1.29 is 19.5 Å². The summed E-state index contributed by atoms with van der Waals surface area (Å²) in [5.41, 5.74) is 1.47. The molecule has 0 radical (unpaired) electrons. The van der Waals surface area contributed by atoms with Crippen molar-refractivity contribution in [3.05, 3.63) is 70.6 Å². The van der Waals surface area contributed by atoms with Crippen LogP contribution in [-0.4, -0.2) is 33.5 Å². The quantitative estimate of drug-likeness (QED) is 0.542. The van der Waals surface area contributed by atoms with Crippen LogP contribution in [0.3, 0.4) is 0 Å². The summed E-state index contributed by atoms with van der Waals surface area (Å²) in [6, 6.07) is 15.3. The van der Waals surface area contributed by atoms with E-state index in [-0.39, 0.29) is 23.8 Å². The van der Waals surface area contributed by atoms with E-state index in [2.05, 4.69) is 5.32 Å². The maximum Gasteiger partial charge on any atom is 0.266 e. The van der Waals surface area contributed by atoms with E-state index in [1.807, 2.05) is 36.4 Å². The Balaban J connectivity index is 1.50. The molecule has 0 atom stereocenters. The standard InChI is InChI=1S/C21H18N2O4S2/c24-18(22-16-10-8-15(9-11-16)20(26)27)7-4-12-23-19(25)17(29-21(23)28)13-14-5-2-1-3-6-14/h1-3,5-6,8-11,13H,4,7,12H2,(H,22,24)(H,26,27)/p-1/b17-13+. The van der Waals surface area contributed by atoms with Crippen LogP contribution in [-0.2, 0) is 9.59 Å². The van der Waals surface area contributed by atoms with Crippen molar-refractivity contribution in [1.29, 1.82) is 0 Å². The van der Waals surface area contributed by atoms with Gasteiger partial charge in [0.25, 0.3) is 5.91 Å². The first-order chi connectivity index (χ1) is 13.9. The molecule has 0 spiro atoms. The Kier molecular flexibility index (Phi) is 6.79. The Morgan fingerprint density at radius 1 is 1.10 bits per heavy atom. The van der Waals surface area contributed by atoms with Gasteiger partial charge in [-0.2, -0.15) is 0 Å². The van der Waals surface area contributed by atoms with Gasteiger partial charge in [0.2, 0.25) is 5.91 Å². The molecule has 29 heavy (non-hydrogen) atoms. The molecule has 148 valence electrons. The van der Waals surface area contributed by atoms with E-state index in [0.29, 0.717) is 27.9 Å². The van der Waals surface area contributed by atoms with E-state index in [0.717, 1.165) is 5.56 Å². The number of carbonyl (C=O) groups excluding carboxylic acids is 3. The maximum atomic E-state index is 12.6. The van der Waals surface area contributed by atoms with Crippen molar-refractivity contribution in [1.82, 2.24) is 4.90 Å². The van der Waals surface area contributed by atoms with Crippen molar-refractivity contribution in [3.8, 4) is 0 Å².